The van der Waals surface area contributed by atoms with E-state index in [-0.39, 0.29) is 12.8 Å². The van der Waals surface area contributed by atoms with Crippen LogP contribution in [0.4, 0.5) is 0 Å². The van der Waals surface area contributed by atoms with E-state index < -0.39 is 0 Å². The molecule has 1 aliphatic rings. The molecule has 1 aromatic carbocycles. The molecule has 0 spiro atoms. The molecule has 0 amide bonds. The molecule has 0 unspecified atom stereocenters. The van der Waals surface area contributed by atoms with Crippen LogP contribution in [0.3, 0.4) is 0 Å². The first kappa shape index (κ1) is 16.6. The molecule has 0 aliphatic carbocycles. The summed E-state index contributed by atoms with van der Waals surface area (Å²) in [5.41, 5.74) is 2.99. The Labute approximate surface area is 151 Å². The number of benzene rings is 1. The molecule has 8 nitrogen and oxygen atoms in total. The van der Waals surface area contributed by atoms with E-state index >= 15 is 0 Å². The standard InChI is InChI=1S/C18H21N5O3/c1-11-6-13(3)23(21-11)9-12(2)19-8-17-20-18(26-22-17)14-4-5-15-16(7-14)25-10-24-15/h4-7,12,19H,8-10H2,1-3H3/t12-/m0/s1. The monoisotopic (exact) mass is 355 g/mol. The third-order valence-corrected chi connectivity index (χ3v) is 4.25. The Morgan fingerprint density at radius 2 is 2.04 bits per heavy atom. The van der Waals surface area contributed by atoms with E-state index in [1.807, 2.05) is 29.8 Å². The molecule has 0 saturated heterocycles. The molecule has 0 radical (unpaired) electrons. The van der Waals surface area contributed by atoms with Crippen LogP contribution in [0, 0.1) is 13.8 Å². The minimum Gasteiger partial charge on any atom is -0.454 e. The maximum absolute atomic E-state index is 5.38. The van der Waals surface area contributed by atoms with Crippen LogP contribution in [0.25, 0.3) is 11.5 Å². The highest BCUT2D eigenvalue weighted by Gasteiger charge is 2.17. The van der Waals surface area contributed by atoms with E-state index in [2.05, 4.69) is 40.5 Å². The van der Waals surface area contributed by atoms with Crippen molar-refractivity contribution in [3.8, 4) is 23.0 Å². The number of aryl methyl sites for hydroxylation is 2. The molecular formula is C18H21N5O3. The predicted molar refractivity (Wildman–Crippen MR) is 93.9 cm³/mol. The van der Waals surface area contributed by atoms with E-state index in [4.69, 9.17) is 14.0 Å². The molecule has 136 valence electrons. The summed E-state index contributed by atoms with van der Waals surface area (Å²) < 4.78 is 18.1. The van der Waals surface area contributed by atoms with Gasteiger partial charge in [0.25, 0.3) is 5.89 Å². The molecule has 4 rings (SSSR count). The van der Waals surface area contributed by atoms with E-state index in [9.17, 15) is 0 Å². The van der Waals surface area contributed by atoms with E-state index in [1.165, 1.54) is 0 Å². The first-order valence-electron chi connectivity index (χ1n) is 8.55. The number of hydrogen-bond acceptors (Lipinski definition) is 7. The molecule has 2 aromatic heterocycles. The fraction of sp³-hybridized carbons (Fsp3) is 0.389. The normalized spacial score (nSPS) is 14.0. The van der Waals surface area contributed by atoms with Gasteiger partial charge in [-0.3, -0.25) is 4.68 Å². The summed E-state index contributed by atoms with van der Waals surface area (Å²) in [6.07, 6.45) is 0. The van der Waals surface area contributed by atoms with Crippen molar-refractivity contribution in [3.63, 3.8) is 0 Å². The van der Waals surface area contributed by atoms with Gasteiger partial charge in [-0.2, -0.15) is 10.1 Å². The summed E-state index contributed by atoms with van der Waals surface area (Å²) in [4.78, 5) is 4.45. The topological polar surface area (TPSA) is 87.2 Å². The quantitative estimate of drug-likeness (QED) is 0.727. The summed E-state index contributed by atoms with van der Waals surface area (Å²) in [5, 5.41) is 11.9. The molecule has 1 N–H and O–H groups in total. The summed E-state index contributed by atoms with van der Waals surface area (Å²) in [6.45, 7) is 7.71. The Bertz CT molecular complexity index is 917. The Balaban J connectivity index is 1.37. The lowest BCUT2D eigenvalue weighted by atomic mass is 10.2. The van der Waals surface area contributed by atoms with Gasteiger partial charge >= 0.3 is 0 Å². The van der Waals surface area contributed by atoms with Crippen molar-refractivity contribution in [2.75, 3.05) is 6.79 Å². The number of nitrogens with zero attached hydrogens (tertiary/aromatic N) is 4. The first-order chi connectivity index (χ1) is 12.6. The zero-order chi connectivity index (χ0) is 18.1. The van der Waals surface area contributed by atoms with Gasteiger partial charge in [0.2, 0.25) is 6.79 Å². The third kappa shape index (κ3) is 3.41. The van der Waals surface area contributed by atoms with E-state index in [1.54, 1.807) is 0 Å². The van der Waals surface area contributed by atoms with Gasteiger partial charge in [-0.1, -0.05) is 5.16 Å². The van der Waals surface area contributed by atoms with Gasteiger partial charge in [-0.25, -0.2) is 0 Å². The van der Waals surface area contributed by atoms with Crippen LogP contribution in [0.5, 0.6) is 11.5 Å². The van der Waals surface area contributed by atoms with Crippen molar-refractivity contribution in [2.45, 2.75) is 39.9 Å². The van der Waals surface area contributed by atoms with Gasteiger partial charge in [-0.15, -0.1) is 0 Å². The zero-order valence-electron chi connectivity index (χ0n) is 15.0. The molecule has 3 heterocycles. The minimum absolute atomic E-state index is 0.223. The maximum atomic E-state index is 5.38. The van der Waals surface area contributed by atoms with Crippen LogP contribution in [0.1, 0.15) is 24.1 Å². The molecule has 0 bridgehead atoms. The average Bonchev–Trinajstić information content (AvgIpc) is 3.33. The molecule has 3 aromatic rings. The second kappa shape index (κ2) is 6.80. The second-order valence-electron chi connectivity index (χ2n) is 6.47. The number of rotatable bonds is 6. The van der Waals surface area contributed by atoms with E-state index in [0.29, 0.717) is 24.0 Å². The van der Waals surface area contributed by atoms with Crippen LogP contribution >= 0.6 is 0 Å². The van der Waals surface area contributed by atoms with Gasteiger partial charge in [0, 0.05) is 17.3 Å². The molecule has 0 fully saturated rings. The van der Waals surface area contributed by atoms with Crippen molar-refractivity contribution in [1.29, 1.82) is 0 Å². The number of aromatic nitrogens is 4. The summed E-state index contributed by atoms with van der Waals surface area (Å²) in [5.74, 6) is 2.50. The summed E-state index contributed by atoms with van der Waals surface area (Å²) >= 11 is 0. The lowest BCUT2D eigenvalue weighted by Gasteiger charge is -2.13. The molecule has 1 atom stereocenters. The first-order valence-corrected chi connectivity index (χ1v) is 8.55. The average molecular weight is 355 g/mol. The van der Waals surface area contributed by atoms with Crippen LogP contribution < -0.4 is 14.8 Å². The summed E-state index contributed by atoms with van der Waals surface area (Å²) in [7, 11) is 0. The Hall–Kier alpha value is -2.87. The van der Waals surface area contributed by atoms with Crippen molar-refractivity contribution in [3.05, 3.63) is 41.5 Å². The van der Waals surface area contributed by atoms with E-state index in [0.717, 1.165) is 29.2 Å². The summed E-state index contributed by atoms with van der Waals surface area (Å²) in [6, 6.07) is 7.86. The molecule has 1 aliphatic heterocycles. The van der Waals surface area contributed by atoms with Crippen molar-refractivity contribution in [1.82, 2.24) is 25.2 Å². The maximum Gasteiger partial charge on any atom is 0.258 e. The van der Waals surface area contributed by atoms with Crippen LogP contribution in [-0.2, 0) is 13.1 Å². The van der Waals surface area contributed by atoms with Gasteiger partial charge < -0.3 is 19.3 Å². The SMILES string of the molecule is Cc1cc(C)n(C[C@H](C)NCc2noc(-c3ccc4c(c3)OCO4)n2)n1. The van der Waals surface area contributed by atoms with Crippen molar-refractivity contribution >= 4 is 0 Å². The highest BCUT2D eigenvalue weighted by atomic mass is 16.7. The Kier molecular flexibility index (Phi) is 4.34. The molecule has 0 saturated carbocycles. The smallest absolute Gasteiger partial charge is 0.258 e. The fourth-order valence-electron chi connectivity index (χ4n) is 2.92. The molecular weight excluding hydrogens is 334 g/mol. The number of fused-ring (bicyclic) bond motifs is 1. The fourth-order valence-corrected chi connectivity index (χ4v) is 2.92. The second-order valence-corrected chi connectivity index (χ2v) is 6.47. The van der Waals surface area contributed by atoms with Crippen LogP contribution in [0.2, 0.25) is 0 Å². The highest BCUT2D eigenvalue weighted by molar-refractivity contribution is 5.60. The van der Waals surface area contributed by atoms with Crippen LogP contribution in [-0.4, -0.2) is 32.8 Å². The van der Waals surface area contributed by atoms with Gasteiger partial charge in [0.1, 0.15) is 0 Å². The lowest BCUT2D eigenvalue weighted by molar-refractivity contribution is 0.174. The van der Waals surface area contributed by atoms with Gasteiger partial charge in [0.15, 0.2) is 17.3 Å². The largest absolute Gasteiger partial charge is 0.454 e. The van der Waals surface area contributed by atoms with Crippen molar-refractivity contribution in [2.24, 2.45) is 0 Å². The number of ether oxygens (including phenoxy) is 2. The Morgan fingerprint density at radius 3 is 2.85 bits per heavy atom. The zero-order valence-corrected chi connectivity index (χ0v) is 15.0. The number of nitrogens with one attached hydrogen (secondary N) is 1. The number of hydrogen-bond donors (Lipinski definition) is 1. The predicted octanol–water partition coefficient (Wildman–Crippen LogP) is 2.46. The minimum atomic E-state index is 0.223. The molecule has 8 heteroatoms. The van der Waals surface area contributed by atoms with Crippen molar-refractivity contribution < 1.29 is 14.0 Å². The van der Waals surface area contributed by atoms with Gasteiger partial charge in [0.05, 0.1) is 18.8 Å². The lowest BCUT2D eigenvalue weighted by Crippen LogP contribution is -2.31. The van der Waals surface area contributed by atoms with Gasteiger partial charge in [-0.05, 0) is 45.0 Å². The third-order valence-electron chi connectivity index (χ3n) is 4.25. The van der Waals surface area contributed by atoms with Crippen LogP contribution in [0.15, 0.2) is 28.8 Å². The highest BCUT2D eigenvalue weighted by Crippen LogP contribution is 2.35. The Morgan fingerprint density at radius 1 is 1.19 bits per heavy atom. The molecule has 26 heavy (non-hydrogen) atoms.